The highest BCUT2D eigenvalue weighted by Gasteiger charge is 2.09. The zero-order chi connectivity index (χ0) is 13.2. The van der Waals surface area contributed by atoms with E-state index in [1.54, 1.807) is 29.6 Å². The first-order valence-electron chi connectivity index (χ1n) is 5.50. The molecule has 0 atom stereocenters. The number of hydrogen-bond acceptors (Lipinski definition) is 5. The van der Waals surface area contributed by atoms with Gasteiger partial charge in [-0.3, -0.25) is 10.1 Å². The summed E-state index contributed by atoms with van der Waals surface area (Å²) in [7, 11) is 0. The molecule has 19 heavy (non-hydrogen) atoms. The quantitative estimate of drug-likeness (QED) is 0.534. The van der Waals surface area contributed by atoms with E-state index in [0.29, 0.717) is 5.76 Å². The molecule has 6 heteroatoms. The summed E-state index contributed by atoms with van der Waals surface area (Å²) in [6, 6.07) is 10.7. The Balaban J connectivity index is 1.86. The van der Waals surface area contributed by atoms with Crippen LogP contribution in [0, 0.1) is 10.1 Å². The minimum absolute atomic E-state index is 0.260. The zero-order valence-electron chi connectivity index (χ0n) is 9.65. The molecule has 1 aromatic carbocycles. The molecule has 5 nitrogen and oxygen atoms in total. The molecule has 2 aromatic heterocycles. The molecule has 3 rings (SSSR count). The first-order valence-corrected chi connectivity index (χ1v) is 6.32. The van der Waals surface area contributed by atoms with E-state index in [-0.39, 0.29) is 5.88 Å². The van der Waals surface area contributed by atoms with Crippen LogP contribution < -0.4 is 0 Å². The minimum atomic E-state index is -0.560. The average molecular weight is 272 g/mol. The summed E-state index contributed by atoms with van der Waals surface area (Å²) in [5.41, 5.74) is 0.942. The maximum Gasteiger partial charge on any atom is 0.433 e. The molecule has 0 bridgehead atoms. The van der Waals surface area contributed by atoms with Crippen LogP contribution in [0.4, 0.5) is 5.88 Å². The summed E-state index contributed by atoms with van der Waals surface area (Å²) in [6.45, 7) is 0. The van der Waals surface area contributed by atoms with E-state index in [9.17, 15) is 10.1 Å². The molecule has 0 aliphatic heterocycles. The SMILES string of the molecule is O=[N+]([O-])c1ccc(C=Cc2nc3ccccc3s2)o1. The van der Waals surface area contributed by atoms with Crippen LogP contribution in [0.2, 0.25) is 0 Å². The number of para-hydroxylation sites is 1. The summed E-state index contributed by atoms with van der Waals surface area (Å²) < 4.78 is 6.14. The second-order valence-electron chi connectivity index (χ2n) is 3.79. The largest absolute Gasteiger partial charge is 0.433 e. The lowest BCUT2D eigenvalue weighted by Gasteiger charge is -1.83. The van der Waals surface area contributed by atoms with Crippen molar-refractivity contribution >= 4 is 39.6 Å². The molecule has 0 unspecified atom stereocenters. The van der Waals surface area contributed by atoms with Crippen LogP contribution in [0.5, 0.6) is 0 Å². The summed E-state index contributed by atoms with van der Waals surface area (Å²) in [5.74, 6) is 0.176. The monoisotopic (exact) mass is 272 g/mol. The van der Waals surface area contributed by atoms with E-state index in [1.165, 1.54) is 6.07 Å². The molecular weight excluding hydrogens is 264 g/mol. The first-order chi connectivity index (χ1) is 9.22. The number of rotatable bonds is 3. The van der Waals surface area contributed by atoms with Gasteiger partial charge in [-0.05, 0) is 30.4 Å². The molecule has 0 aliphatic carbocycles. The standard InChI is InChI=1S/C13H8N2O3S/c16-15(17)13-8-6-9(18-13)5-7-12-14-10-3-1-2-4-11(10)19-12/h1-8H. The number of hydrogen-bond donors (Lipinski definition) is 0. The van der Waals surface area contributed by atoms with Crippen LogP contribution in [-0.4, -0.2) is 9.91 Å². The second-order valence-corrected chi connectivity index (χ2v) is 4.85. The summed E-state index contributed by atoms with van der Waals surface area (Å²) in [6.07, 6.45) is 3.46. The Hall–Kier alpha value is -2.47. The normalized spacial score (nSPS) is 11.4. The highest BCUT2D eigenvalue weighted by Crippen LogP contribution is 2.24. The van der Waals surface area contributed by atoms with Gasteiger partial charge in [-0.2, -0.15) is 0 Å². The van der Waals surface area contributed by atoms with Crippen molar-refractivity contribution in [2.75, 3.05) is 0 Å². The fraction of sp³-hybridized carbons (Fsp3) is 0. The fourth-order valence-corrected chi connectivity index (χ4v) is 2.51. The van der Waals surface area contributed by atoms with Gasteiger partial charge in [-0.1, -0.05) is 12.1 Å². The number of benzene rings is 1. The van der Waals surface area contributed by atoms with E-state index >= 15 is 0 Å². The van der Waals surface area contributed by atoms with Gasteiger partial charge in [0, 0.05) is 0 Å². The lowest BCUT2D eigenvalue weighted by atomic mass is 10.3. The van der Waals surface area contributed by atoms with Gasteiger partial charge in [-0.25, -0.2) is 4.98 Å². The van der Waals surface area contributed by atoms with Crippen LogP contribution in [0.1, 0.15) is 10.8 Å². The van der Waals surface area contributed by atoms with Crippen molar-refractivity contribution in [1.29, 1.82) is 0 Å². The van der Waals surface area contributed by atoms with Crippen LogP contribution in [0.3, 0.4) is 0 Å². The van der Waals surface area contributed by atoms with Crippen LogP contribution in [0.15, 0.2) is 40.8 Å². The van der Waals surface area contributed by atoms with Crippen molar-refractivity contribution < 1.29 is 9.34 Å². The van der Waals surface area contributed by atoms with Crippen molar-refractivity contribution in [3.63, 3.8) is 0 Å². The molecule has 0 spiro atoms. The van der Waals surface area contributed by atoms with E-state index in [0.717, 1.165) is 15.2 Å². The molecule has 0 fully saturated rings. The average Bonchev–Trinajstić information content (AvgIpc) is 3.02. The van der Waals surface area contributed by atoms with E-state index in [4.69, 9.17) is 4.42 Å². The predicted molar refractivity (Wildman–Crippen MR) is 73.9 cm³/mol. The fourth-order valence-electron chi connectivity index (χ4n) is 1.64. The van der Waals surface area contributed by atoms with Crippen molar-refractivity contribution in [3.8, 4) is 0 Å². The molecule has 0 N–H and O–H groups in total. The third-order valence-corrected chi connectivity index (χ3v) is 3.49. The number of thiazole rings is 1. The van der Waals surface area contributed by atoms with Crippen LogP contribution in [-0.2, 0) is 0 Å². The highest BCUT2D eigenvalue weighted by molar-refractivity contribution is 7.19. The lowest BCUT2D eigenvalue weighted by Crippen LogP contribution is -1.82. The predicted octanol–water partition coefficient (Wildman–Crippen LogP) is 3.97. The van der Waals surface area contributed by atoms with E-state index in [2.05, 4.69) is 4.98 Å². The van der Waals surface area contributed by atoms with E-state index < -0.39 is 4.92 Å². The Morgan fingerprint density at radius 3 is 2.79 bits per heavy atom. The Kier molecular flexibility index (Phi) is 2.85. The number of nitro groups is 1. The maximum atomic E-state index is 10.5. The Morgan fingerprint density at radius 1 is 1.21 bits per heavy atom. The lowest BCUT2D eigenvalue weighted by molar-refractivity contribution is -0.402. The Bertz CT molecular complexity index is 740. The number of nitrogens with zero attached hydrogens (tertiary/aromatic N) is 2. The van der Waals surface area contributed by atoms with Gasteiger partial charge in [0.2, 0.25) is 0 Å². The highest BCUT2D eigenvalue weighted by atomic mass is 32.1. The third kappa shape index (κ3) is 2.38. The van der Waals surface area contributed by atoms with Gasteiger partial charge in [-0.15, -0.1) is 11.3 Å². The molecular formula is C13H8N2O3S. The zero-order valence-corrected chi connectivity index (χ0v) is 10.5. The molecule has 0 radical (unpaired) electrons. The molecule has 3 aromatic rings. The topological polar surface area (TPSA) is 69.2 Å². The minimum Gasteiger partial charge on any atom is -0.401 e. The molecule has 2 heterocycles. The van der Waals surface area contributed by atoms with Gasteiger partial charge in [0.25, 0.3) is 0 Å². The number of furan rings is 1. The van der Waals surface area contributed by atoms with Crippen LogP contribution >= 0.6 is 11.3 Å². The van der Waals surface area contributed by atoms with E-state index in [1.807, 2.05) is 24.3 Å². The molecule has 0 amide bonds. The van der Waals surface area contributed by atoms with Gasteiger partial charge >= 0.3 is 5.88 Å². The third-order valence-electron chi connectivity index (χ3n) is 2.49. The van der Waals surface area contributed by atoms with Gasteiger partial charge in [0.05, 0.1) is 16.3 Å². The Labute approximate surface area is 112 Å². The van der Waals surface area contributed by atoms with Crippen molar-refractivity contribution in [1.82, 2.24) is 4.98 Å². The Morgan fingerprint density at radius 2 is 2.05 bits per heavy atom. The summed E-state index contributed by atoms with van der Waals surface area (Å²) in [5, 5.41) is 11.3. The van der Waals surface area contributed by atoms with Gasteiger partial charge < -0.3 is 4.42 Å². The summed E-state index contributed by atoms with van der Waals surface area (Å²) in [4.78, 5) is 14.3. The maximum absolute atomic E-state index is 10.5. The van der Waals surface area contributed by atoms with Crippen molar-refractivity contribution in [3.05, 3.63) is 57.3 Å². The van der Waals surface area contributed by atoms with Crippen molar-refractivity contribution in [2.24, 2.45) is 0 Å². The van der Waals surface area contributed by atoms with Gasteiger partial charge in [0.15, 0.2) is 0 Å². The number of aromatic nitrogens is 1. The molecule has 0 saturated heterocycles. The van der Waals surface area contributed by atoms with Crippen LogP contribution in [0.25, 0.3) is 22.4 Å². The van der Waals surface area contributed by atoms with Gasteiger partial charge in [0.1, 0.15) is 15.7 Å². The second kappa shape index (κ2) is 4.66. The summed E-state index contributed by atoms with van der Waals surface area (Å²) >= 11 is 1.56. The van der Waals surface area contributed by atoms with Crippen molar-refractivity contribution in [2.45, 2.75) is 0 Å². The first kappa shape index (κ1) is 11.6. The molecule has 94 valence electrons. The number of fused-ring (bicyclic) bond motifs is 1. The molecule has 0 aliphatic rings. The smallest absolute Gasteiger partial charge is 0.401 e. The molecule has 0 saturated carbocycles.